The van der Waals surface area contributed by atoms with Crippen LogP contribution >= 0.6 is 11.6 Å². The fraction of sp³-hybridized carbons (Fsp3) is 0.455. The van der Waals surface area contributed by atoms with E-state index in [0.717, 1.165) is 48.0 Å². The number of ether oxygens (including phenoxy) is 1. The molecule has 0 aliphatic carbocycles. The standard InChI is InChI=1S/C33H38ClF3N10O4/c1-3-25-28(43-11-13-44(14-12-43)30(49)27-29-39-9-4-10-45(29)20-41-27)31(50)47(38-2)32(40-18-21-7-15-51-16-8-21)46(25)19-26(48)42-24-6-5-22(17-23(24)34)33(35,36)37/h5-7,17,20,39H,2-4,8-16,18-19H2,1H3,(H,42,48). The van der Waals surface area contributed by atoms with Gasteiger partial charge in [0, 0.05) is 46.0 Å². The molecule has 272 valence electrons. The number of alkyl halides is 3. The van der Waals surface area contributed by atoms with Crippen molar-refractivity contribution in [2.75, 3.05) is 68.0 Å². The highest BCUT2D eigenvalue weighted by Gasteiger charge is 2.32. The topological polar surface area (TPSA) is 143 Å². The van der Waals surface area contributed by atoms with Crippen LogP contribution in [0.5, 0.6) is 0 Å². The van der Waals surface area contributed by atoms with E-state index in [1.165, 1.54) is 0 Å². The molecule has 3 aliphatic heterocycles. The number of piperazine rings is 1. The minimum absolute atomic E-state index is 0.00970. The van der Waals surface area contributed by atoms with E-state index in [1.54, 1.807) is 15.8 Å². The second-order valence-corrected chi connectivity index (χ2v) is 12.6. The lowest BCUT2D eigenvalue weighted by Crippen LogP contribution is -2.53. The molecule has 2 aromatic heterocycles. The number of aryl methyl sites for hydroxylation is 1. The van der Waals surface area contributed by atoms with Gasteiger partial charge in [-0.3, -0.25) is 14.4 Å². The number of hydrogen-bond donors (Lipinski definition) is 2. The number of fused-ring (bicyclic) bond motifs is 1. The summed E-state index contributed by atoms with van der Waals surface area (Å²) in [6, 6.07) is 2.66. The molecule has 1 saturated heterocycles. The fourth-order valence-electron chi connectivity index (χ4n) is 6.44. The summed E-state index contributed by atoms with van der Waals surface area (Å²) in [6.45, 7) is 9.03. The average Bonchev–Trinajstić information content (AvgIpc) is 3.56. The van der Waals surface area contributed by atoms with Crippen LogP contribution in [0, 0.1) is 0 Å². The Bertz CT molecular complexity index is 1990. The molecule has 0 bridgehead atoms. The summed E-state index contributed by atoms with van der Waals surface area (Å²) >= 11 is 6.14. The Morgan fingerprint density at radius 1 is 1.18 bits per heavy atom. The highest BCUT2D eigenvalue weighted by Crippen LogP contribution is 2.34. The normalized spacial score (nSPS) is 16.7. The highest BCUT2D eigenvalue weighted by atomic mass is 35.5. The smallest absolute Gasteiger partial charge is 0.377 e. The van der Waals surface area contributed by atoms with Crippen LogP contribution in [-0.2, 0) is 35.2 Å². The lowest BCUT2D eigenvalue weighted by Gasteiger charge is -2.37. The zero-order valence-corrected chi connectivity index (χ0v) is 28.8. The van der Waals surface area contributed by atoms with Crippen LogP contribution in [0.3, 0.4) is 0 Å². The van der Waals surface area contributed by atoms with Crippen molar-refractivity contribution in [3.63, 3.8) is 0 Å². The van der Waals surface area contributed by atoms with Crippen LogP contribution in [0.2, 0.25) is 5.02 Å². The van der Waals surface area contributed by atoms with Crippen LogP contribution < -0.4 is 26.7 Å². The maximum atomic E-state index is 14.2. The summed E-state index contributed by atoms with van der Waals surface area (Å²) in [5, 5.41) is 9.58. The molecule has 2 amide bonds. The second kappa shape index (κ2) is 15.1. The van der Waals surface area contributed by atoms with Gasteiger partial charge in [-0.05, 0) is 43.0 Å². The number of amides is 2. The first-order valence-electron chi connectivity index (χ1n) is 16.6. The molecule has 14 nitrogen and oxygen atoms in total. The summed E-state index contributed by atoms with van der Waals surface area (Å²) in [4.78, 5) is 53.9. The zero-order chi connectivity index (χ0) is 36.3. The predicted octanol–water partition coefficient (Wildman–Crippen LogP) is 3.21. The number of carbonyl (C=O) groups excluding carboxylic acids is 2. The monoisotopic (exact) mass is 730 g/mol. The summed E-state index contributed by atoms with van der Waals surface area (Å²) in [7, 11) is 0. The van der Waals surface area contributed by atoms with E-state index in [9.17, 15) is 27.6 Å². The van der Waals surface area contributed by atoms with Gasteiger partial charge in [-0.2, -0.15) is 22.9 Å². The van der Waals surface area contributed by atoms with Gasteiger partial charge in [-0.1, -0.05) is 24.6 Å². The van der Waals surface area contributed by atoms with Crippen molar-refractivity contribution in [2.24, 2.45) is 10.1 Å². The fourth-order valence-corrected chi connectivity index (χ4v) is 6.67. The third kappa shape index (κ3) is 7.58. The highest BCUT2D eigenvalue weighted by molar-refractivity contribution is 6.33. The molecule has 1 fully saturated rings. The summed E-state index contributed by atoms with van der Waals surface area (Å²) < 4.78 is 49.6. The third-order valence-corrected chi connectivity index (χ3v) is 9.36. The minimum atomic E-state index is -4.61. The quantitative estimate of drug-likeness (QED) is 0.254. The van der Waals surface area contributed by atoms with Crippen LogP contribution in [0.1, 0.15) is 41.5 Å². The SMILES string of the molecule is C=Nn1c(=O)c(N2CCN(C(=O)c3ncn4c3NCCC4)CC2)c(CC)n(CC(=O)Nc2ccc(C(F)(F)F)cc2Cl)c1=NCC1=CCOCC1. The summed E-state index contributed by atoms with van der Waals surface area (Å²) in [6.07, 6.45) is 0.852. The van der Waals surface area contributed by atoms with Crippen molar-refractivity contribution < 1.29 is 27.5 Å². The zero-order valence-electron chi connectivity index (χ0n) is 28.0. The van der Waals surface area contributed by atoms with Crippen molar-refractivity contribution in [1.29, 1.82) is 0 Å². The van der Waals surface area contributed by atoms with Crippen molar-refractivity contribution in [3.8, 4) is 0 Å². The number of nitrogens with one attached hydrogen (secondary N) is 2. The minimum Gasteiger partial charge on any atom is -0.377 e. The molecule has 2 N–H and O–H groups in total. The number of carbonyl (C=O) groups is 2. The van der Waals surface area contributed by atoms with Gasteiger partial charge in [0.25, 0.3) is 11.5 Å². The van der Waals surface area contributed by atoms with Gasteiger partial charge in [-0.25, -0.2) is 9.98 Å². The Morgan fingerprint density at radius 2 is 1.96 bits per heavy atom. The van der Waals surface area contributed by atoms with E-state index < -0.39 is 23.2 Å². The molecule has 51 heavy (non-hydrogen) atoms. The third-order valence-electron chi connectivity index (χ3n) is 9.05. The predicted molar refractivity (Wildman–Crippen MR) is 185 cm³/mol. The van der Waals surface area contributed by atoms with E-state index in [2.05, 4.69) is 27.4 Å². The molecule has 0 spiro atoms. The molecular formula is C33H38ClF3N10O4. The van der Waals surface area contributed by atoms with Gasteiger partial charge >= 0.3 is 6.18 Å². The van der Waals surface area contributed by atoms with Crippen LogP contribution in [-0.4, -0.2) is 94.7 Å². The number of benzene rings is 1. The summed E-state index contributed by atoms with van der Waals surface area (Å²) in [5.41, 5.74) is 0.728. The Balaban J connectivity index is 1.33. The van der Waals surface area contributed by atoms with Gasteiger partial charge in [0.05, 0.1) is 48.1 Å². The van der Waals surface area contributed by atoms with Crippen LogP contribution in [0.4, 0.5) is 30.4 Å². The number of aromatic nitrogens is 4. The molecular weight excluding hydrogens is 693 g/mol. The lowest BCUT2D eigenvalue weighted by atomic mass is 10.1. The average molecular weight is 731 g/mol. The Labute approximate surface area is 295 Å². The molecule has 6 rings (SSSR count). The molecule has 3 aromatic rings. The van der Waals surface area contributed by atoms with Crippen LogP contribution in [0.25, 0.3) is 0 Å². The van der Waals surface area contributed by atoms with Crippen molar-refractivity contribution in [2.45, 2.75) is 45.5 Å². The van der Waals surface area contributed by atoms with Gasteiger partial charge in [0.2, 0.25) is 11.5 Å². The molecule has 18 heteroatoms. The van der Waals surface area contributed by atoms with E-state index >= 15 is 0 Å². The number of rotatable bonds is 9. The molecule has 0 unspecified atom stereocenters. The van der Waals surface area contributed by atoms with E-state index in [0.29, 0.717) is 69.4 Å². The number of imidazole rings is 1. The second-order valence-electron chi connectivity index (χ2n) is 12.2. The summed E-state index contributed by atoms with van der Waals surface area (Å²) in [5.74, 6) is -0.121. The van der Waals surface area contributed by atoms with Gasteiger partial charge < -0.3 is 34.3 Å². The van der Waals surface area contributed by atoms with Crippen molar-refractivity contribution in [3.05, 3.63) is 74.1 Å². The van der Waals surface area contributed by atoms with Gasteiger partial charge in [0.1, 0.15) is 18.1 Å². The maximum absolute atomic E-state index is 14.2. The first-order valence-corrected chi connectivity index (χ1v) is 17.0. The number of anilines is 3. The molecule has 5 heterocycles. The number of halogens is 4. The van der Waals surface area contributed by atoms with Crippen molar-refractivity contribution in [1.82, 2.24) is 23.7 Å². The Morgan fingerprint density at radius 3 is 2.63 bits per heavy atom. The van der Waals surface area contributed by atoms with E-state index in [4.69, 9.17) is 21.3 Å². The Kier molecular flexibility index (Phi) is 10.7. The first kappa shape index (κ1) is 35.9. The van der Waals surface area contributed by atoms with Gasteiger partial charge in [-0.15, -0.1) is 0 Å². The van der Waals surface area contributed by atoms with Crippen molar-refractivity contribution >= 4 is 47.3 Å². The lowest BCUT2D eigenvalue weighted by molar-refractivity contribution is -0.137. The van der Waals surface area contributed by atoms with E-state index in [1.807, 2.05) is 22.5 Å². The number of nitrogens with zero attached hydrogens (tertiary/aromatic N) is 8. The molecule has 0 radical (unpaired) electrons. The van der Waals surface area contributed by atoms with E-state index in [-0.39, 0.29) is 41.0 Å². The molecule has 0 atom stereocenters. The maximum Gasteiger partial charge on any atom is 0.416 e. The first-order chi connectivity index (χ1) is 24.5. The largest absolute Gasteiger partial charge is 0.416 e. The van der Waals surface area contributed by atoms with Crippen LogP contribution in [0.15, 0.2) is 51.1 Å². The molecule has 3 aliphatic rings. The molecule has 0 saturated carbocycles. The molecule has 1 aromatic carbocycles. The van der Waals surface area contributed by atoms with Gasteiger partial charge in [0.15, 0.2) is 5.69 Å². The number of hydrogen-bond acceptors (Lipinski definition) is 9. The Hall–Kier alpha value is -4.90.